The molecule has 1 aromatic rings. The van der Waals surface area contributed by atoms with Gasteiger partial charge in [0.2, 0.25) is 0 Å². The lowest BCUT2D eigenvalue weighted by atomic mass is 9.94. The maximum atomic E-state index is 11.9. The minimum atomic E-state index is -0.413. The van der Waals surface area contributed by atoms with E-state index in [1.807, 2.05) is 13.8 Å². The number of phenolic OH excluding ortho intramolecular Hbond substituents is 1. The van der Waals surface area contributed by atoms with Gasteiger partial charge in [-0.05, 0) is 31.0 Å². The van der Waals surface area contributed by atoms with Crippen LogP contribution in [0.25, 0.3) is 0 Å². The first-order valence-corrected chi connectivity index (χ1v) is 6.35. The van der Waals surface area contributed by atoms with Crippen molar-refractivity contribution >= 4 is 17.5 Å². The zero-order chi connectivity index (χ0) is 13.8. The van der Waals surface area contributed by atoms with Crippen LogP contribution in [0.1, 0.15) is 37.0 Å². The molecule has 0 aliphatic rings. The molecule has 100 valence electrons. The standard InChI is InChI=1S/C13H19ClN2O2/c1-3-13(15,4-2)8-16-12(18)10-7-9(14)5-6-11(10)17/h5-7,17H,3-4,8,15H2,1-2H3,(H,16,18). The van der Waals surface area contributed by atoms with Crippen LogP contribution in [0.2, 0.25) is 5.02 Å². The van der Waals surface area contributed by atoms with E-state index in [-0.39, 0.29) is 17.2 Å². The Kier molecular flexibility index (Phi) is 4.99. The first-order valence-electron chi connectivity index (χ1n) is 5.97. The molecule has 0 saturated carbocycles. The summed E-state index contributed by atoms with van der Waals surface area (Å²) >= 11 is 5.79. The van der Waals surface area contributed by atoms with E-state index in [9.17, 15) is 9.90 Å². The molecule has 5 heteroatoms. The maximum absolute atomic E-state index is 11.9. The smallest absolute Gasteiger partial charge is 0.255 e. The van der Waals surface area contributed by atoms with Crippen molar-refractivity contribution in [2.24, 2.45) is 5.73 Å². The Hall–Kier alpha value is -1.26. The van der Waals surface area contributed by atoms with E-state index < -0.39 is 5.54 Å². The summed E-state index contributed by atoms with van der Waals surface area (Å²) in [6.07, 6.45) is 1.54. The quantitative estimate of drug-likeness (QED) is 0.768. The molecule has 0 radical (unpaired) electrons. The Morgan fingerprint density at radius 2 is 2.06 bits per heavy atom. The highest BCUT2D eigenvalue weighted by molar-refractivity contribution is 6.31. The number of benzene rings is 1. The Bertz CT molecular complexity index is 431. The maximum Gasteiger partial charge on any atom is 0.255 e. The number of phenols is 1. The molecule has 0 aliphatic heterocycles. The van der Waals surface area contributed by atoms with Crippen LogP contribution in [0, 0.1) is 0 Å². The number of carbonyl (C=O) groups excluding carboxylic acids is 1. The van der Waals surface area contributed by atoms with Gasteiger partial charge in [0.15, 0.2) is 0 Å². The molecule has 4 nitrogen and oxygen atoms in total. The third-order valence-corrected chi connectivity index (χ3v) is 3.45. The Labute approximate surface area is 112 Å². The monoisotopic (exact) mass is 270 g/mol. The number of nitrogens with one attached hydrogen (secondary N) is 1. The highest BCUT2D eigenvalue weighted by Gasteiger charge is 2.22. The second-order valence-electron chi connectivity index (χ2n) is 4.41. The molecule has 0 heterocycles. The summed E-state index contributed by atoms with van der Waals surface area (Å²) in [6, 6.07) is 4.36. The minimum Gasteiger partial charge on any atom is -0.507 e. The van der Waals surface area contributed by atoms with Gasteiger partial charge in [-0.15, -0.1) is 0 Å². The van der Waals surface area contributed by atoms with E-state index in [0.717, 1.165) is 12.8 Å². The van der Waals surface area contributed by atoms with Crippen LogP contribution in [0.15, 0.2) is 18.2 Å². The fourth-order valence-electron chi connectivity index (χ4n) is 1.54. The SMILES string of the molecule is CCC(N)(CC)CNC(=O)c1cc(Cl)ccc1O. The average molecular weight is 271 g/mol. The molecule has 1 rings (SSSR count). The number of nitrogens with two attached hydrogens (primary N) is 1. The fourth-order valence-corrected chi connectivity index (χ4v) is 1.71. The zero-order valence-corrected chi connectivity index (χ0v) is 11.4. The van der Waals surface area contributed by atoms with Gasteiger partial charge in [-0.25, -0.2) is 0 Å². The summed E-state index contributed by atoms with van der Waals surface area (Å²) in [4.78, 5) is 11.9. The Balaban J connectivity index is 2.74. The lowest BCUT2D eigenvalue weighted by molar-refractivity contribution is 0.0939. The summed E-state index contributed by atoms with van der Waals surface area (Å²) in [7, 11) is 0. The normalized spacial score (nSPS) is 11.3. The van der Waals surface area contributed by atoms with Gasteiger partial charge in [-0.2, -0.15) is 0 Å². The van der Waals surface area contributed by atoms with Crippen LogP contribution in [0.3, 0.4) is 0 Å². The number of carbonyl (C=O) groups is 1. The van der Waals surface area contributed by atoms with E-state index in [2.05, 4.69) is 5.32 Å². The number of hydrogen-bond donors (Lipinski definition) is 3. The van der Waals surface area contributed by atoms with E-state index in [0.29, 0.717) is 11.6 Å². The topological polar surface area (TPSA) is 75.3 Å². The van der Waals surface area contributed by atoms with Crippen LogP contribution in [0.5, 0.6) is 5.75 Å². The largest absolute Gasteiger partial charge is 0.507 e. The predicted molar refractivity (Wildman–Crippen MR) is 73.0 cm³/mol. The third-order valence-electron chi connectivity index (χ3n) is 3.21. The minimum absolute atomic E-state index is 0.0903. The van der Waals surface area contributed by atoms with E-state index >= 15 is 0 Å². The lowest BCUT2D eigenvalue weighted by Crippen LogP contribution is -2.49. The van der Waals surface area contributed by atoms with Gasteiger partial charge in [0.1, 0.15) is 5.75 Å². The summed E-state index contributed by atoms with van der Waals surface area (Å²) < 4.78 is 0. The van der Waals surface area contributed by atoms with E-state index in [1.54, 1.807) is 0 Å². The van der Waals surface area contributed by atoms with Gasteiger partial charge < -0.3 is 16.2 Å². The van der Waals surface area contributed by atoms with Crippen LogP contribution in [-0.4, -0.2) is 23.1 Å². The zero-order valence-electron chi connectivity index (χ0n) is 10.7. The second-order valence-corrected chi connectivity index (χ2v) is 4.85. The van der Waals surface area contributed by atoms with Crippen LogP contribution >= 0.6 is 11.6 Å². The predicted octanol–water partition coefficient (Wildman–Crippen LogP) is 2.29. The summed E-state index contributed by atoms with van der Waals surface area (Å²) in [6.45, 7) is 4.32. The van der Waals surface area contributed by atoms with Crippen molar-refractivity contribution in [1.82, 2.24) is 5.32 Å². The first-order chi connectivity index (χ1) is 8.41. The van der Waals surface area contributed by atoms with Gasteiger partial charge in [0, 0.05) is 17.1 Å². The molecule has 1 amide bonds. The number of aromatic hydroxyl groups is 1. The van der Waals surface area contributed by atoms with Gasteiger partial charge in [-0.1, -0.05) is 25.4 Å². The van der Waals surface area contributed by atoms with Crippen molar-refractivity contribution in [3.05, 3.63) is 28.8 Å². The van der Waals surface area contributed by atoms with Gasteiger partial charge >= 0.3 is 0 Å². The van der Waals surface area contributed by atoms with Crippen molar-refractivity contribution < 1.29 is 9.90 Å². The van der Waals surface area contributed by atoms with Crippen LogP contribution in [-0.2, 0) is 0 Å². The summed E-state index contributed by atoms with van der Waals surface area (Å²) in [5.74, 6) is -0.459. The molecular formula is C13H19ClN2O2. The number of rotatable bonds is 5. The van der Waals surface area contributed by atoms with Crippen LogP contribution in [0.4, 0.5) is 0 Å². The third kappa shape index (κ3) is 3.62. The molecule has 0 fully saturated rings. The molecule has 0 saturated heterocycles. The molecule has 0 aliphatic carbocycles. The van der Waals surface area contributed by atoms with Crippen molar-refractivity contribution in [2.75, 3.05) is 6.54 Å². The molecule has 0 bridgehead atoms. The molecule has 4 N–H and O–H groups in total. The molecule has 0 unspecified atom stereocenters. The Morgan fingerprint density at radius 1 is 1.44 bits per heavy atom. The summed E-state index contributed by atoms with van der Waals surface area (Å²) in [5.41, 5.74) is 5.84. The molecular weight excluding hydrogens is 252 g/mol. The summed E-state index contributed by atoms with van der Waals surface area (Å²) in [5, 5.41) is 12.7. The van der Waals surface area contributed by atoms with Crippen molar-refractivity contribution in [2.45, 2.75) is 32.2 Å². The van der Waals surface area contributed by atoms with E-state index in [1.165, 1.54) is 18.2 Å². The first kappa shape index (κ1) is 14.8. The molecule has 18 heavy (non-hydrogen) atoms. The van der Waals surface area contributed by atoms with Crippen molar-refractivity contribution in [3.8, 4) is 5.75 Å². The fraction of sp³-hybridized carbons (Fsp3) is 0.462. The van der Waals surface area contributed by atoms with Gasteiger partial charge in [0.25, 0.3) is 5.91 Å². The number of amides is 1. The average Bonchev–Trinajstić information content (AvgIpc) is 2.38. The molecule has 0 spiro atoms. The van der Waals surface area contributed by atoms with Crippen molar-refractivity contribution in [1.29, 1.82) is 0 Å². The molecule has 0 atom stereocenters. The second kappa shape index (κ2) is 6.07. The Morgan fingerprint density at radius 3 is 2.61 bits per heavy atom. The van der Waals surface area contributed by atoms with Gasteiger partial charge in [-0.3, -0.25) is 4.79 Å². The number of halogens is 1. The molecule has 0 aromatic heterocycles. The van der Waals surface area contributed by atoms with Crippen LogP contribution < -0.4 is 11.1 Å². The van der Waals surface area contributed by atoms with Crippen molar-refractivity contribution in [3.63, 3.8) is 0 Å². The molecule has 1 aromatic carbocycles. The lowest BCUT2D eigenvalue weighted by Gasteiger charge is -2.26. The number of hydrogen-bond acceptors (Lipinski definition) is 3. The highest BCUT2D eigenvalue weighted by Crippen LogP contribution is 2.21. The highest BCUT2D eigenvalue weighted by atomic mass is 35.5. The van der Waals surface area contributed by atoms with E-state index in [4.69, 9.17) is 17.3 Å². The van der Waals surface area contributed by atoms with Gasteiger partial charge in [0.05, 0.1) is 5.56 Å².